The topological polar surface area (TPSA) is 141 Å². The van der Waals surface area contributed by atoms with Crippen LogP contribution in [0.3, 0.4) is 0 Å². The van der Waals surface area contributed by atoms with Crippen molar-refractivity contribution in [2.45, 2.75) is 26.6 Å². The fourth-order valence-electron chi connectivity index (χ4n) is 2.14. The Labute approximate surface area is 147 Å². The molecule has 2 N–H and O–H groups in total. The van der Waals surface area contributed by atoms with Crippen molar-refractivity contribution >= 4 is 11.9 Å². The highest BCUT2D eigenvalue weighted by molar-refractivity contribution is 5.75. The number of aliphatic carboxylic acids is 1. The van der Waals surface area contributed by atoms with Crippen molar-refractivity contribution in [3.63, 3.8) is 0 Å². The molecule has 134 valence electrons. The molecule has 0 saturated carbocycles. The number of nitrogens with zero attached hydrogens (tertiary/aromatic N) is 7. The fourth-order valence-corrected chi connectivity index (χ4v) is 2.14. The van der Waals surface area contributed by atoms with Crippen molar-refractivity contribution in [2.24, 2.45) is 0 Å². The third-order valence-corrected chi connectivity index (χ3v) is 3.40. The largest absolute Gasteiger partial charge is 0.480 e. The highest BCUT2D eigenvalue weighted by Crippen LogP contribution is 2.13. The van der Waals surface area contributed by atoms with Crippen LogP contribution >= 0.6 is 0 Å². The zero-order valence-corrected chi connectivity index (χ0v) is 13.9. The van der Waals surface area contributed by atoms with Crippen molar-refractivity contribution in [3.8, 4) is 11.4 Å². The second-order valence-corrected chi connectivity index (χ2v) is 5.59. The molecule has 1 amide bonds. The van der Waals surface area contributed by atoms with Gasteiger partial charge in [-0.3, -0.25) is 9.59 Å². The minimum absolute atomic E-state index is 0.0951. The van der Waals surface area contributed by atoms with E-state index in [9.17, 15) is 9.59 Å². The van der Waals surface area contributed by atoms with Crippen LogP contribution in [0.25, 0.3) is 11.4 Å². The van der Waals surface area contributed by atoms with Gasteiger partial charge in [0.15, 0.2) is 0 Å². The SMILES string of the molecule is Cc1ccc(-c2nnn(CC(=O)NCc3cn(CC(=O)O)nn3)n2)cc1. The van der Waals surface area contributed by atoms with Crippen LogP contribution in [-0.2, 0) is 29.2 Å². The molecule has 0 atom stereocenters. The minimum atomic E-state index is -1.02. The van der Waals surface area contributed by atoms with Crippen LogP contribution < -0.4 is 5.32 Å². The third kappa shape index (κ3) is 4.47. The molecule has 3 aromatic rings. The fraction of sp³-hybridized carbons (Fsp3) is 0.267. The third-order valence-electron chi connectivity index (χ3n) is 3.40. The van der Waals surface area contributed by atoms with Crippen molar-refractivity contribution < 1.29 is 14.7 Å². The number of benzene rings is 1. The molecule has 11 heteroatoms. The Morgan fingerprint density at radius 3 is 2.62 bits per heavy atom. The van der Waals surface area contributed by atoms with Crippen LogP contribution in [0, 0.1) is 6.92 Å². The van der Waals surface area contributed by atoms with Crippen LogP contribution in [0.1, 0.15) is 11.3 Å². The molecule has 0 bridgehead atoms. The maximum Gasteiger partial charge on any atom is 0.325 e. The number of carbonyl (C=O) groups is 2. The van der Waals surface area contributed by atoms with E-state index in [1.807, 2.05) is 31.2 Å². The van der Waals surface area contributed by atoms with Crippen molar-refractivity contribution in [2.75, 3.05) is 0 Å². The van der Waals surface area contributed by atoms with E-state index in [-0.39, 0.29) is 25.5 Å². The summed E-state index contributed by atoms with van der Waals surface area (Å²) < 4.78 is 1.18. The second-order valence-electron chi connectivity index (χ2n) is 5.59. The van der Waals surface area contributed by atoms with Crippen molar-refractivity contribution in [1.29, 1.82) is 0 Å². The Balaban J connectivity index is 1.53. The van der Waals surface area contributed by atoms with Gasteiger partial charge in [-0.2, -0.15) is 4.80 Å². The molecule has 0 aliphatic carbocycles. The van der Waals surface area contributed by atoms with Crippen LogP contribution in [0.5, 0.6) is 0 Å². The summed E-state index contributed by atoms with van der Waals surface area (Å²) in [4.78, 5) is 23.8. The first kappa shape index (κ1) is 17.2. The van der Waals surface area contributed by atoms with E-state index in [1.165, 1.54) is 15.7 Å². The predicted molar refractivity (Wildman–Crippen MR) is 87.5 cm³/mol. The maximum absolute atomic E-state index is 12.0. The summed E-state index contributed by atoms with van der Waals surface area (Å²) in [5.74, 6) is -0.910. The Hall–Kier alpha value is -3.63. The molecule has 0 saturated heterocycles. The monoisotopic (exact) mass is 356 g/mol. The molecule has 11 nitrogen and oxygen atoms in total. The number of aromatic nitrogens is 7. The zero-order chi connectivity index (χ0) is 18.5. The summed E-state index contributed by atoms with van der Waals surface area (Å²) in [6, 6.07) is 7.66. The molecule has 0 aliphatic heterocycles. The Bertz CT molecular complexity index is 915. The van der Waals surface area contributed by atoms with Gasteiger partial charge < -0.3 is 10.4 Å². The number of aryl methyl sites for hydroxylation is 1. The minimum Gasteiger partial charge on any atom is -0.480 e. The van der Waals surface area contributed by atoms with E-state index in [2.05, 4.69) is 31.0 Å². The molecule has 0 aliphatic rings. The molecular formula is C15H16N8O3. The number of carboxylic acid groups (broad SMARTS) is 1. The molecule has 3 rings (SSSR count). The van der Waals surface area contributed by atoms with E-state index in [0.29, 0.717) is 11.5 Å². The molecule has 0 unspecified atom stereocenters. The molecule has 0 radical (unpaired) electrons. The lowest BCUT2D eigenvalue weighted by Gasteiger charge is -2.01. The summed E-state index contributed by atoms with van der Waals surface area (Å²) >= 11 is 0. The molecule has 0 spiro atoms. The number of carboxylic acids is 1. The lowest BCUT2D eigenvalue weighted by Crippen LogP contribution is -2.28. The summed E-state index contributed by atoms with van der Waals surface area (Å²) in [7, 11) is 0. The van der Waals surface area contributed by atoms with E-state index in [0.717, 1.165) is 11.1 Å². The average Bonchev–Trinajstić information content (AvgIpc) is 3.23. The summed E-state index contributed by atoms with van der Waals surface area (Å²) in [6.07, 6.45) is 1.46. The molecule has 2 aromatic heterocycles. The summed E-state index contributed by atoms with van der Waals surface area (Å²) in [6.45, 7) is 1.73. The number of rotatable bonds is 7. The summed E-state index contributed by atoms with van der Waals surface area (Å²) in [5, 5.41) is 30.7. The van der Waals surface area contributed by atoms with Gasteiger partial charge in [0, 0.05) is 5.56 Å². The lowest BCUT2D eigenvalue weighted by atomic mass is 10.1. The second kappa shape index (κ2) is 7.51. The van der Waals surface area contributed by atoms with Crippen LogP contribution in [0.2, 0.25) is 0 Å². The van der Waals surface area contributed by atoms with Crippen LogP contribution in [0.15, 0.2) is 30.5 Å². The highest BCUT2D eigenvalue weighted by atomic mass is 16.4. The smallest absolute Gasteiger partial charge is 0.325 e. The molecule has 26 heavy (non-hydrogen) atoms. The Kier molecular flexibility index (Phi) is 4.97. The Morgan fingerprint density at radius 2 is 1.88 bits per heavy atom. The maximum atomic E-state index is 12.0. The van der Waals surface area contributed by atoms with Gasteiger partial charge in [-0.1, -0.05) is 35.0 Å². The van der Waals surface area contributed by atoms with Gasteiger partial charge >= 0.3 is 5.97 Å². The quantitative estimate of drug-likeness (QED) is 0.585. The number of amides is 1. The van der Waals surface area contributed by atoms with Crippen molar-refractivity contribution in [3.05, 3.63) is 41.7 Å². The molecule has 1 aromatic carbocycles. The number of hydrogen-bond acceptors (Lipinski definition) is 7. The number of tetrazole rings is 1. The van der Waals surface area contributed by atoms with Gasteiger partial charge in [0.05, 0.1) is 12.7 Å². The number of hydrogen-bond donors (Lipinski definition) is 2. The van der Waals surface area contributed by atoms with Gasteiger partial charge in [0.1, 0.15) is 18.8 Å². The molecule has 0 fully saturated rings. The molecule has 2 heterocycles. The average molecular weight is 356 g/mol. The van der Waals surface area contributed by atoms with Crippen LogP contribution in [0.4, 0.5) is 0 Å². The lowest BCUT2D eigenvalue weighted by molar-refractivity contribution is -0.138. The predicted octanol–water partition coefficient (Wildman–Crippen LogP) is -0.359. The zero-order valence-electron chi connectivity index (χ0n) is 13.9. The number of nitrogens with one attached hydrogen (secondary N) is 1. The van der Waals surface area contributed by atoms with Gasteiger partial charge in [-0.15, -0.1) is 15.3 Å². The van der Waals surface area contributed by atoms with Gasteiger partial charge in [0.25, 0.3) is 0 Å². The summed E-state index contributed by atoms with van der Waals surface area (Å²) in [5.41, 5.74) is 2.39. The highest BCUT2D eigenvalue weighted by Gasteiger charge is 2.10. The van der Waals surface area contributed by atoms with Gasteiger partial charge in [-0.25, -0.2) is 4.68 Å². The van der Waals surface area contributed by atoms with E-state index in [4.69, 9.17) is 5.11 Å². The van der Waals surface area contributed by atoms with Crippen LogP contribution in [-0.4, -0.2) is 52.2 Å². The first-order chi connectivity index (χ1) is 12.5. The normalized spacial score (nSPS) is 10.7. The van der Waals surface area contributed by atoms with E-state index < -0.39 is 5.97 Å². The first-order valence-electron chi connectivity index (χ1n) is 7.72. The molecular weight excluding hydrogens is 340 g/mol. The van der Waals surface area contributed by atoms with E-state index in [1.54, 1.807) is 0 Å². The van der Waals surface area contributed by atoms with Crippen molar-refractivity contribution in [1.82, 2.24) is 40.5 Å². The van der Waals surface area contributed by atoms with E-state index >= 15 is 0 Å². The number of carbonyl (C=O) groups excluding carboxylic acids is 1. The Morgan fingerprint density at radius 1 is 1.12 bits per heavy atom. The van der Waals surface area contributed by atoms with Gasteiger partial charge in [-0.05, 0) is 12.1 Å². The first-order valence-corrected chi connectivity index (χ1v) is 7.72. The standard InChI is InChI=1S/C15H16N8O3/c1-10-2-4-11(5-3-10)15-18-21-23(19-15)8-13(24)16-6-12-7-22(20-17-12)9-14(25)26/h2-5,7H,6,8-9H2,1H3,(H,16,24)(H,25,26). The van der Waals surface area contributed by atoms with Gasteiger partial charge in [0.2, 0.25) is 11.7 Å².